The second-order valence-electron chi connectivity index (χ2n) is 21.8. The largest absolute Gasteiger partial charge is 0.394 e. The summed E-state index contributed by atoms with van der Waals surface area (Å²) in [6.45, 7) is 1.56. The Hall–Kier alpha value is -2.77. The predicted octanol–water partition coefficient (Wildman–Crippen LogP) is 5.82. The minimum absolute atomic E-state index is 0.217. The third kappa shape index (κ3) is 28.3. The number of hydrogen-bond donors (Lipinski definition) is 12. The van der Waals surface area contributed by atoms with Crippen LogP contribution in [0.1, 0.15) is 181 Å². The van der Waals surface area contributed by atoms with Crippen molar-refractivity contribution in [2.24, 2.45) is 0 Å². The van der Waals surface area contributed by atoms with Crippen LogP contribution in [-0.2, 0) is 33.2 Å². The van der Waals surface area contributed by atoms with Gasteiger partial charge in [0.2, 0.25) is 5.91 Å². The van der Waals surface area contributed by atoms with Gasteiger partial charge < -0.3 is 89.9 Å². The Balaban J connectivity index is 1.52. The summed E-state index contributed by atoms with van der Waals surface area (Å²) in [4.78, 5) is 13.3. The lowest BCUT2D eigenvalue weighted by molar-refractivity contribution is -0.379. The van der Waals surface area contributed by atoms with Crippen LogP contribution in [0.15, 0.2) is 72.9 Å². The average Bonchev–Trinajstić information content (AvgIpc) is 3.47. The third-order valence-electron chi connectivity index (χ3n) is 15.0. The molecule has 3 heterocycles. The van der Waals surface area contributed by atoms with Crippen LogP contribution in [0.5, 0.6) is 0 Å². The van der Waals surface area contributed by atoms with Gasteiger partial charge in [-0.3, -0.25) is 4.79 Å². The first kappa shape index (κ1) is 72.5. The van der Waals surface area contributed by atoms with Gasteiger partial charge in [-0.2, -0.15) is 0 Å². The number of aliphatic hydroxyl groups excluding tert-OH is 11. The molecule has 3 aliphatic heterocycles. The van der Waals surface area contributed by atoms with Gasteiger partial charge in [-0.05, 0) is 77.0 Å². The lowest BCUT2D eigenvalue weighted by Gasteiger charge is -2.48. The molecule has 0 aromatic carbocycles. The Bertz CT molecular complexity index is 1760. The zero-order valence-electron chi connectivity index (χ0n) is 48.7. The van der Waals surface area contributed by atoms with Crippen molar-refractivity contribution in [1.29, 1.82) is 0 Å². The first-order valence-electron chi connectivity index (χ1n) is 30.7. The Morgan fingerprint density at radius 1 is 0.457 bits per heavy atom. The van der Waals surface area contributed by atoms with Crippen molar-refractivity contribution in [2.75, 3.05) is 26.4 Å². The summed E-state index contributed by atoms with van der Waals surface area (Å²) in [6, 6.07) is -1.00. The maximum Gasteiger partial charge on any atom is 0.220 e. The van der Waals surface area contributed by atoms with E-state index in [-0.39, 0.29) is 18.9 Å². The topological polar surface area (TPSA) is 307 Å². The Morgan fingerprint density at radius 2 is 0.864 bits per heavy atom. The second kappa shape index (κ2) is 44.7. The molecule has 3 fully saturated rings. The van der Waals surface area contributed by atoms with E-state index < -0.39 is 124 Å². The van der Waals surface area contributed by atoms with Crippen LogP contribution in [0, 0.1) is 0 Å². The number of ether oxygens (including phenoxy) is 6. The van der Waals surface area contributed by atoms with E-state index in [0.29, 0.717) is 12.8 Å². The van der Waals surface area contributed by atoms with Crippen LogP contribution in [0.25, 0.3) is 0 Å². The van der Waals surface area contributed by atoms with Crippen molar-refractivity contribution in [3.05, 3.63) is 72.9 Å². The molecule has 0 bridgehead atoms. The molecule has 0 aromatic heterocycles. The summed E-state index contributed by atoms with van der Waals surface area (Å²) in [6.07, 6.45) is 25.9. The monoisotopic (exact) mass is 1150 g/mol. The summed E-state index contributed by atoms with van der Waals surface area (Å²) in [7, 11) is 0. The molecule has 0 aliphatic carbocycles. The first-order chi connectivity index (χ1) is 39.3. The van der Waals surface area contributed by atoms with E-state index in [9.17, 15) is 61.0 Å². The van der Waals surface area contributed by atoms with Gasteiger partial charge in [-0.1, -0.05) is 170 Å². The Kier molecular flexibility index (Phi) is 40.0. The van der Waals surface area contributed by atoms with E-state index in [1.807, 2.05) is 6.08 Å². The number of carbonyl (C=O) groups is 1. The van der Waals surface area contributed by atoms with Gasteiger partial charge in [0, 0.05) is 6.42 Å². The predicted molar refractivity (Wildman–Crippen MR) is 309 cm³/mol. The summed E-state index contributed by atoms with van der Waals surface area (Å²) in [5.74, 6) is -0.303. The van der Waals surface area contributed by atoms with Gasteiger partial charge in [0.25, 0.3) is 0 Å². The van der Waals surface area contributed by atoms with Gasteiger partial charge in [0.1, 0.15) is 73.2 Å². The molecule has 19 heteroatoms. The van der Waals surface area contributed by atoms with Gasteiger partial charge in [0.05, 0.1) is 38.6 Å². The molecular weight excluding hydrogens is 1050 g/mol. The van der Waals surface area contributed by atoms with Crippen LogP contribution in [0.4, 0.5) is 0 Å². The fourth-order valence-corrected chi connectivity index (χ4v) is 9.94. The van der Waals surface area contributed by atoms with Crippen molar-refractivity contribution in [1.82, 2.24) is 5.32 Å². The molecule has 0 saturated carbocycles. The maximum atomic E-state index is 13.3. The lowest BCUT2D eigenvalue weighted by atomic mass is 9.96. The number of aliphatic hydroxyl groups is 11. The molecule has 3 rings (SSSR count). The number of amides is 1. The zero-order valence-corrected chi connectivity index (χ0v) is 48.7. The highest BCUT2D eigenvalue weighted by atomic mass is 16.8. The van der Waals surface area contributed by atoms with E-state index >= 15 is 0 Å². The molecule has 12 N–H and O–H groups in total. The highest BCUT2D eigenvalue weighted by molar-refractivity contribution is 5.76. The number of unbranched alkanes of at least 4 members (excludes halogenated alkanes) is 18. The van der Waals surface area contributed by atoms with Crippen molar-refractivity contribution >= 4 is 5.91 Å². The van der Waals surface area contributed by atoms with Crippen LogP contribution >= 0.6 is 0 Å². The van der Waals surface area contributed by atoms with Gasteiger partial charge in [-0.25, -0.2) is 0 Å². The molecular formula is C62H107NO18. The van der Waals surface area contributed by atoms with Gasteiger partial charge in [-0.15, -0.1) is 0 Å². The second-order valence-corrected chi connectivity index (χ2v) is 21.8. The van der Waals surface area contributed by atoms with Crippen LogP contribution in [-0.4, -0.2) is 193 Å². The molecule has 1 amide bonds. The van der Waals surface area contributed by atoms with Gasteiger partial charge >= 0.3 is 0 Å². The average molecular weight is 1150 g/mol. The summed E-state index contributed by atoms with van der Waals surface area (Å²) < 4.78 is 34.2. The fraction of sp³-hybridized carbons (Fsp3) is 0.790. The van der Waals surface area contributed by atoms with Crippen molar-refractivity contribution in [3.63, 3.8) is 0 Å². The van der Waals surface area contributed by atoms with Gasteiger partial charge in [0.15, 0.2) is 18.9 Å². The molecule has 17 unspecified atom stereocenters. The summed E-state index contributed by atoms with van der Waals surface area (Å²) >= 11 is 0. The molecule has 0 spiro atoms. The molecule has 3 aliphatic rings. The van der Waals surface area contributed by atoms with E-state index in [1.54, 1.807) is 6.08 Å². The number of nitrogens with one attached hydrogen (secondary N) is 1. The van der Waals surface area contributed by atoms with Crippen LogP contribution in [0.3, 0.4) is 0 Å². The smallest absolute Gasteiger partial charge is 0.220 e. The standard InChI is InChI=1S/C62H107NO18/c1-3-5-7-9-11-13-15-17-19-21-22-24-25-27-29-31-33-35-37-39-46(67)45(63-50(68)40-38-36-34-32-30-28-26-23-20-18-16-14-12-10-8-6-4-2)44-76-60-56(74)53(71)58(48(42-65)78-60)81-62-57(75)54(72)59(49(43-66)79-62)80-61-55(73)52(70)51(69)47(41-64)77-61/h6,8,12,14,18,20,22,24,29,31,37,39,45-49,51-62,64-67,69-75H,3-5,7,9-11,13,15-17,19,21,23,25-28,30,32-36,38,40-44H2,1-2H3,(H,63,68)/b8-6-,14-12-,20-18-,24-22+,31-29+,39-37+. The number of hydrogen-bond acceptors (Lipinski definition) is 18. The number of allylic oxidation sites excluding steroid dienone is 11. The highest BCUT2D eigenvalue weighted by Crippen LogP contribution is 2.33. The van der Waals surface area contributed by atoms with Crippen molar-refractivity contribution < 1.29 is 89.4 Å². The van der Waals surface area contributed by atoms with Crippen molar-refractivity contribution in [2.45, 2.75) is 285 Å². The van der Waals surface area contributed by atoms with E-state index in [4.69, 9.17) is 28.4 Å². The molecule has 19 nitrogen and oxygen atoms in total. The molecule has 0 radical (unpaired) electrons. The SMILES string of the molecule is CC/C=C\C/C=C\C/C=C\CCCCCCCCCC(=O)NC(COC1OC(CO)C(OC2OC(CO)C(OC3OC(CO)C(O)C(O)C3O)C(O)C2O)C(O)C1O)C(O)/C=C/CC/C=C/CC/C=C/CCCCCCCCCCC. The van der Waals surface area contributed by atoms with E-state index in [2.05, 4.69) is 79.9 Å². The highest BCUT2D eigenvalue weighted by Gasteiger charge is 2.53. The normalized spacial score (nSPS) is 30.3. The fourth-order valence-electron chi connectivity index (χ4n) is 9.94. The van der Waals surface area contributed by atoms with Crippen LogP contribution in [0.2, 0.25) is 0 Å². The molecule has 3 saturated heterocycles. The molecule has 0 aromatic rings. The van der Waals surface area contributed by atoms with E-state index in [0.717, 1.165) is 89.9 Å². The summed E-state index contributed by atoms with van der Waals surface area (Å²) in [5, 5.41) is 120. The van der Waals surface area contributed by atoms with Crippen molar-refractivity contribution in [3.8, 4) is 0 Å². The third-order valence-corrected chi connectivity index (χ3v) is 15.0. The Morgan fingerprint density at radius 3 is 1.38 bits per heavy atom. The zero-order chi connectivity index (χ0) is 59.0. The minimum atomic E-state index is -1.99. The minimum Gasteiger partial charge on any atom is -0.394 e. The Labute approximate surface area is 483 Å². The number of rotatable bonds is 44. The van der Waals surface area contributed by atoms with E-state index in [1.165, 1.54) is 57.8 Å². The number of carbonyl (C=O) groups excluding carboxylic acids is 1. The molecule has 81 heavy (non-hydrogen) atoms. The lowest BCUT2D eigenvalue weighted by Crippen LogP contribution is -2.66. The molecule has 468 valence electrons. The summed E-state index contributed by atoms with van der Waals surface area (Å²) in [5.41, 5.74) is 0. The first-order valence-corrected chi connectivity index (χ1v) is 30.7. The quantitative estimate of drug-likeness (QED) is 0.0253. The maximum absolute atomic E-state index is 13.3. The van der Waals surface area contributed by atoms with Crippen LogP contribution < -0.4 is 5.32 Å². The molecule has 17 atom stereocenters.